The molecule has 3 rings (SSSR count). The lowest BCUT2D eigenvalue weighted by Gasteiger charge is -2.08. The number of hydrogen-bond acceptors (Lipinski definition) is 2. The van der Waals surface area contributed by atoms with Gasteiger partial charge in [0.25, 0.3) is 0 Å². The van der Waals surface area contributed by atoms with Crippen molar-refractivity contribution in [2.45, 2.75) is 19.8 Å². The van der Waals surface area contributed by atoms with Crippen molar-refractivity contribution >= 4 is 17.5 Å². The van der Waals surface area contributed by atoms with Gasteiger partial charge >= 0.3 is 6.03 Å². The second-order valence-corrected chi connectivity index (χ2v) is 6.26. The normalized spacial score (nSPS) is 10.7. The molecule has 0 fully saturated rings. The van der Waals surface area contributed by atoms with Crippen molar-refractivity contribution in [3.63, 3.8) is 0 Å². The molecule has 0 radical (unpaired) electrons. The van der Waals surface area contributed by atoms with Crippen LogP contribution in [-0.4, -0.2) is 15.8 Å². The zero-order valence-corrected chi connectivity index (χ0v) is 14.7. The topological polar surface area (TPSA) is 59.0 Å². The summed E-state index contributed by atoms with van der Waals surface area (Å²) >= 11 is 0. The number of benzene rings is 2. The number of nitrogens with one attached hydrogen (secondary N) is 2. The van der Waals surface area contributed by atoms with Crippen molar-refractivity contribution < 1.29 is 4.79 Å². The molecule has 0 aliphatic heterocycles. The summed E-state index contributed by atoms with van der Waals surface area (Å²) in [5, 5.41) is 9.95. The van der Waals surface area contributed by atoms with Crippen LogP contribution in [0, 0.1) is 0 Å². The van der Waals surface area contributed by atoms with Crippen LogP contribution >= 0.6 is 0 Å². The molecule has 0 aliphatic rings. The van der Waals surface area contributed by atoms with Crippen LogP contribution in [0.3, 0.4) is 0 Å². The second kappa shape index (κ2) is 7.21. The Morgan fingerprint density at radius 2 is 1.68 bits per heavy atom. The molecule has 1 heterocycles. The molecule has 0 saturated carbocycles. The van der Waals surface area contributed by atoms with Gasteiger partial charge in [0.1, 0.15) is 0 Å². The van der Waals surface area contributed by atoms with E-state index in [1.807, 2.05) is 67.7 Å². The van der Waals surface area contributed by atoms with Crippen molar-refractivity contribution in [1.82, 2.24) is 9.78 Å². The number of rotatable bonds is 4. The molecule has 0 bridgehead atoms. The van der Waals surface area contributed by atoms with E-state index < -0.39 is 0 Å². The summed E-state index contributed by atoms with van der Waals surface area (Å²) in [6, 6.07) is 19.3. The smallest absolute Gasteiger partial charge is 0.308 e. The Morgan fingerprint density at radius 3 is 2.32 bits per heavy atom. The zero-order chi connectivity index (χ0) is 17.8. The first-order chi connectivity index (χ1) is 12.0. The van der Waals surface area contributed by atoms with Gasteiger partial charge in [-0.3, -0.25) is 10.00 Å². The van der Waals surface area contributed by atoms with Crippen molar-refractivity contribution in [2.75, 3.05) is 10.6 Å². The summed E-state index contributed by atoms with van der Waals surface area (Å²) in [5.74, 6) is 0.977. The lowest BCUT2D eigenvalue weighted by Crippen LogP contribution is -2.19. The first kappa shape index (κ1) is 16.8. The van der Waals surface area contributed by atoms with E-state index in [1.165, 1.54) is 5.56 Å². The van der Waals surface area contributed by atoms with E-state index in [0.29, 0.717) is 11.7 Å². The fourth-order valence-electron chi connectivity index (χ4n) is 2.64. The number of carbonyl (C=O) groups is 1. The Balaban J connectivity index is 1.67. The highest BCUT2D eigenvalue weighted by atomic mass is 16.2. The Bertz CT molecular complexity index is 851. The second-order valence-electron chi connectivity index (χ2n) is 6.26. The van der Waals surface area contributed by atoms with Gasteiger partial charge in [0.05, 0.1) is 5.69 Å². The Kier molecular flexibility index (Phi) is 4.84. The molecule has 2 aromatic carbocycles. The van der Waals surface area contributed by atoms with Crippen molar-refractivity contribution in [3.8, 4) is 11.3 Å². The number of aromatic nitrogens is 2. The third-order valence-corrected chi connectivity index (χ3v) is 4.03. The molecule has 1 aromatic heterocycles. The third kappa shape index (κ3) is 4.07. The summed E-state index contributed by atoms with van der Waals surface area (Å²) < 4.78 is 1.75. The van der Waals surface area contributed by atoms with Gasteiger partial charge in [0, 0.05) is 18.8 Å². The molecule has 0 saturated heterocycles. The molecule has 0 unspecified atom stereocenters. The van der Waals surface area contributed by atoms with Gasteiger partial charge in [-0.1, -0.05) is 56.3 Å². The molecule has 0 aliphatic carbocycles. The van der Waals surface area contributed by atoms with Crippen LogP contribution in [0.2, 0.25) is 0 Å². The minimum Gasteiger partial charge on any atom is -0.308 e. The quantitative estimate of drug-likeness (QED) is 0.716. The van der Waals surface area contributed by atoms with Crippen molar-refractivity contribution in [3.05, 3.63) is 66.2 Å². The molecular formula is C20H22N4O. The van der Waals surface area contributed by atoms with E-state index in [4.69, 9.17) is 0 Å². The molecule has 5 nitrogen and oxygen atoms in total. The van der Waals surface area contributed by atoms with Crippen LogP contribution in [-0.2, 0) is 7.05 Å². The molecule has 0 spiro atoms. The molecular weight excluding hydrogens is 312 g/mol. The standard InChI is InChI=1S/C20H22N4O/c1-14(2)15-9-11-17(12-10-15)21-20(25)22-19-13-18(24(3)23-19)16-7-5-4-6-8-16/h4-14H,1-3H3,(H2,21,22,23,25). The Hall–Kier alpha value is -3.08. The summed E-state index contributed by atoms with van der Waals surface area (Å²) in [6.45, 7) is 4.28. The van der Waals surface area contributed by atoms with Gasteiger partial charge in [-0.15, -0.1) is 0 Å². The molecule has 3 aromatic rings. The number of aryl methyl sites for hydroxylation is 1. The SMILES string of the molecule is CC(C)c1ccc(NC(=O)Nc2cc(-c3ccccc3)n(C)n2)cc1. The Morgan fingerprint density at radius 1 is 1.00 bits per heavy atom. The third-order valence-electron chi connectivity index (χ3n) is 4.03. The average molecular weight is 334 g/mol. The zero-order valence-electron chi connectivity index (χ0n) is 14.7. The fourth-order valence-corrected chi connectivity index (χ4v) is 2.64. The van der Waals surface area contributed by atoms with Crippen LogP contribution in [0.5, 0.6) is 0 Å². The summed E-state index contributed by atoms with van der Waals surface area (Å²) in [6.07, 6.45) is 0. The highest BCUT2D eigenvalue weighted by Gasteiger charge is 2.10. The first-order valence-corrected chi connectivity index (χ1v) is 8.30. The summed E-state index contributed by atoms with van der Waals surface area (Å²) in [5.41, 5.74) is 3.98. The van der Waals surface area contributed by atoms with Crippen LogP contribution < -0.4 is 10.6 Å². The number of hydrogen-bond donors (Lipinski definition) is 2. The van der Waals surface area contributed by atoms with Crippen LogP contribution in [0.1, 0.15) is 25.3 Å². The predicted molar refractivity (Wildman–Crippen MR) is 102 cm³/mol. The summed E-state index contributed by atoms with van der Waals surface area (Å²) in [4.78, 5) is 12.2. The van der Waals surface area contributed by atoms with E-state index in [9.17, 15) is 4.79 Å². The van der Waals surface area contributed by atoms with Crippen LogP contribution in [0.15, 0.2) is 60.7 Å². The van der Waals surface area contributed by atoms with E-state index in [1.54, 1.807) is 4.68 Å². The Labute approximate surface area is 147 Å². The lowest BCUT2D eigenvalue weighted by molar-refractivity contribution is 0.262. The first-order valence-electron chi connectivity index (χ1n) is 8.30. The van der Waals surface area contributed by atoms with Gasteiger partial charge in [-0.05, 0) is 29.2 Å². The van der Waals surface area contributed by atoms with Gasteiger partial charge in [0.15, 0.2) is 5.82 Å². The highest BCUT2D eigenvalue weighted by Crippen LogP contribution is 2.22. The number of anilines is 2. The highest BCUT2D eigenvalue weighted by molar-refractivity contribution is 5.99. The monoisotopic (exact) mass is 334 g/mol. The molecule has 0 atom stereocenters. The summed E-state index contributed by atoms with van der Waals surface area (Å²) in [7, 11) is 1.86. The van der Waals surface area contributed by atoms with Gasteiger partial charge < -0.3 is 5.32 Å². The number of nitrogens with zero attached hydrogens (tertiary/aromatic N) is 2. The maximum absolute atomic E-state index is 12.2. The van der Waals surface area contributed by atoms with Crippen LogP contribution in [0.4, 0.5) is 16.3 Å². The van der Waals surface area contributed by atoms with E-state index in [-0.39, 0.29) is 6.03 Å². The minimum absolute atomic E-state index is 0.310. The predicted octanol–water partition coefficient (Wildman–Crippen LogP) is 4.85. The maximum atomic E-state index is 12.2. The minimum atomic E-state index is -0.310. The molecule has 25 heavy (non-hydrogen) atoms. The van der Waals surface area contributed by atoms with Gasteiger partial charge in [0.2, 0.25) is 0 Å². The molecule has 2 N–H and O–H groups in total. The van der Waals surface area contributed by atoms with Crippen molar-refractivity contribution in [1.29, 1.82) is 0 Å². The van der Waals surface area contributed by atoms with E-state index in [0.717, 1.165) is 16.9 Å². The number of carbonyl (C=O) groups excluding carboxylic acids is 1. The van der Waals surface area contributed by atoms with E-state index >= 15 is 0 Å². The molecule has 128 valence electrons. The molecule has 5 heteroatoms. The van der Waals surface area contributed by atoms with Crippen molar-refractivity contribution in [2.24, 2.45) is 7.05 Å². The fraction of sp³-hybridized carbons (Fsp3) is 0.200. The van der Waals surface area contributed by atoms with Crippen LogP contribution in [0.25, 0.3) is 11.3 Å². The van der Waals surface area contributed by atoms with E-state index in [2.05, 4.69) is 29.6 Å². The average Bonchev–Trinajstić information content (AvgIpc) is 2.96. The number of urea groups is 1. The largest absolute Gasteiger partial charge is 0.324 e. The maximum Gasteiger partial charge on any atom is 0.324 e. The molecule has 2 amide bonds. The lowest BCUT2D eigenvalue weighted by atomic mass is 10.0. The number of amides is 2. The van der Waals surface area contributed by atoms with Gasteiger partial charge in [-0.25, -0.2) is 4.79 Å². The van der Waals surface area contributed by atoms with Gasteiger partial charge in [-0.2, -0.15) is 5.10 Å².